The average Bonchev–Trinajstić information content (AvgIpc) is 3.14. The molecule has 0 aliphatic carbocycles. The lowest BCUT2D eigenvalue weighted by molar-refractivity contribution is -0.124. The molecule has 1 aromatic rings. The van der Waals surface area contributed by atoms with E-state index in [1.165, 1.54) is 0 Å². The molecule has 0 unspecified atom stereocenters. The van der Waals surface area contributed by atoms with Crippen LogP contribution in [0.4, 0.5) is 5.82 Å². The molecule has 3 saturated heterocycles. The first-order valence-corrected chi connectivity index (χ1v) is 7.62. The summed E-state index contributed by atoms with van der Waals surface area (Å²) >= 11 is 0. The number of piperazine rings is 1. The van der Waals surface area contributed by atoms with Crippen molar-refractivity contribution in [3.63, 3.8) is 0 Å². The van der Waals surface area contributed by atoms with Crippen molar-refractivity contribution in [2.75, 3.05) is 37.7 Å². The smallest absolute Gasteiger partial charge is 0.256 e. The monoisotopic (exact) mass is 302 g/mol. The third-order valence-electron chi connectivity index (χ3n) is 4.54. The molecule has 3 aliphatic rings. The van der Waals surface area contributed by atoms with Crippen LogP contribution in [0.1, 0.15) is 16.8 Å². The number of carbonyl (C=O) groups is 2. The van der Waals surface area contributed by atoms with Gasteiger partial charge >= 0.3 is 0 Å². The number of fused-ring (bicyclic) bond motifs is 2. The predicted octanol–water partition coefficient (Wildman–Crippen LogP) is -0.369. The van der Waals surface area contributed by atoms with E-state index in [2.05, 4.69) is 15.2 Å². The maximum atomic E-state index is 12.5. The molecule has 1 N–H and O–H groups in total. The van der Waals surface area contributed by atoms with E-state index in [0.717, 1.165) is 25.3 Å². The molecule has 2 atom stereocenters. The second-order valence-electron chi connectivity index (χ2n) is 5.92. The Labute approximate surface area is 128 Å². The fraction of sp³-hybridized carbons (Fsp3) is 0.533. The molecule has 1 aromatic heterocycles. The van der Waals surface area contributed by atoms with Gasteiger partial charge in [-0.2, -0.15) is 0 Å². The van der Waals surface area contributed by atoms with E-state index in [1.54, 1.807) is 17.2 Å². The van der Waals surface area contributed by atoms with Gasteiger partial charge in [-0.1, -0.05) is 0 Å². The van der Waals surface area contributed by atoms with Crippen molar-refractivity contribution in [3.05, 3.63) is 23.9 Å². The number of hydrogen-bond acceptors (Lipinski definition) is 5. The number of aromatic nitrogens is 1. The van der Waals surface area contributed by atoms with Crippen LogP contribution in [0.25, 0.3) is 0 Å². The van der Waals surface area contributed by atoms with Gasteiger partial charge in [0.1, 0.15) is 11.9 Å². The van der Waals surface area contributed by atoms with Gasteiger partial charge in [0.2, 0.25) is 5.91 Å². The summed E-state index contributed by atoms with van der Waals surface area (Å²) < 4.78 is 5.32. The molecule has 2 amide bonds. The number of morpholine rings is 1. The highest BCUT2D eigenvalue weighted by molar-refractivity contribution is 5.99. The number of anilines is 1. The van der Waals surface area contributed by atoms with E-state index in [-0.39, 0.29) is 23.9 Å². The molecule has 7 heteroatoms. The maximum Gasteiger partial charge on any atom is 0.256 e. The SMILES string of the molecule is O=C1N[C@H]2C[C@@H]1N(C(=O)c1ccc(N3CCOCC3)nc1)C2. The van der Waals surface area contributed by atoms with Gasteiger partial charge in [0, 0.05) is 31.9 Å². The van der Waals surface area contributed by atoms with E-state index >= 15 is 0 Å². The first kappa shape index (κ1) is 13.5. The number of nitrogens with zero attached hydrogens (tertiary/aromatic N) is 3. The van der Waals surface area contributed by atoms with E-state index in [4.69, 9.17) is 4.74 Å². The van der Waals surface area contributed by atoms with E-state index < -0.39 is 0 Å². The summed E-state index contributed by atoms with van der Waals surface area (Å²) in [7, 11) is 0. The largest absolute Gasteiger partial charge is 0.378 e. The Kier molecular flexibility index (Phi) is 3.22. The van der Waals surface area contributed by atoms with Crippen molar-refractivity contribution in [1.82, 2.24) is 15.2 Å². The van der Waals surface area contributed by atoms with Gasteiger partial charge in [0.25, 0.3) is 5.91 Å². The van der Waals surface area contributed by atoms with Gasteiger partial charge in [-0.3, -0.25) is 9.59 Å². The summed E-state index contributed by atoms with van der Waals surface area (Å²) in [5.74, 6) is 0.714. The minimum absolute atomic E-state index is 0.0394. The minimum Gasteiger partial charge on any atom is -0.378 e. The topological polar surface area (TPSA) is 74.8 Å². The summed E-state index contributed by atoms with van der Waals surface area (Å²) in [6.07, 6.45) is 2.33. The van der Waals surface area contributed by atoms with Gasteiger partial charge in [-0.25, -0.2) is 4.98 Å². The Morgan fingerprint density at radius 3 is 2.77 bits per heavy atom. The minimum atomic E-state index is -0.309. The van der Waals surface area contributed by atoms with Crippen LogP contribution in [0, 0.1) is 0 Å². The highest BCUT2D eigenvalue weighted by Crippen LogP contribution is 2.26. The first-order valence-electron chi connectivity index (χ1n) is 7.62. The molecule has 4 heterocycles. The van der Waals surface area contributed by atoms with Crippen molar-refractivity contribution in [2.45, 2.75) is 18.5 Å². The molecule has 22 heavy (non-hydrogen) atoms. The number of amides is 2. The fourth-order valence-electron chi connectivity index (χ4n) is 3.37. The Morgan fingerprint density at radius 1 is 1.32 bits per heavy atom. The second kappa shape index (κ2) is 5.24. The number of rotatable bonds is 2. The van der Waals surface area contributed by atoms with Crippen LogP contribution in [0.2, 0.25) is 0 Å². The van der Waals surface area contributed by atoms with Crippen LogP contribution in [-0.4, -0.2) is 66.6 Å². The lowest BCUT2D eigenvalue weighted by atomic mass is 10.2. The van der Waals surface area contributed by atoms with Crippen molar-refractivity contribution < 1.29 is 14.3 Å². The van der Waals surface area contributed by atoms with Crippen molar-refractivity contribution in [3.8, 4) is 0 Å². The quantitative estimate of drug-likeness (QED) is 0.807. The molecule has 0 radical (unpaired) electrons. The van der Waals surface area contributed by atoms with Crippen molar-refractivity contribution >= 4 is 17.6 Å². The average molecular weight is 302 g/mol. The lowest BCUT2D eigenvalue weighted by Crippen LogP contribution is -2.50. The molecule has 0 aromatic carbocycles. The van der Waals surface area contributed by atoms with Crippen molar-refractivity contribution in [2.24, 2.45) is 0 Å². The number of hydrogen-bond donors (Lipinski definition) is 1. The summed E-state index contributed by atoms with van der Waals surface area (Å²) in [5.41, 5.74) is 0.539. The van der Waals surface area contributed by atoms with Gasteiger partial charge in [0.15, 0.2) is 0 Å². The van der Waals surface area contributed by atoms with Crippen LogP contribution in [0.15, 0.2) is 18.3 Å². The van der Waals surface area contributed by atoms with Crippen LogP contribution in [0.5, 0.6) is 0 Å². The fourth-order valence-corrected chi connectivity index (χ4v) is 3.37. The predicted molar refractivity (Wildman–Crippen MR) is 78.6 cm³/mol. The second-order valence-corrected chi connectivity index (χ2v) is 5.92. The summed E-state index contributed by atoms with van der Waals surface area (Å²) in [4.78, 5) is 32.4. The number of carbonyl (C=O) groups excluding carboxylic acids is 2. The highest BCUT2D eigenvalue weighted by atomic mass is 16.5. The Bertz CT molecular complexity index is 597. The molecule has 7 nitrogen and oxygen atoms in total. The zero-order chi connectivity index (χ0) is 15.1. The van der Waals surface area contributed by atoms with E-state index in [9.17, 15) is 9.59 Å². The zero-order valence-electron chi connectivity index (χ0n) is 12.2. The Morgan fingerprint density at radius 2 is 2.14 bits per heavy atom. The van der Waals surface area contributed by atoms with Gasteiger partial charge in [0.05, 0.1) is 18.8 Å². The molecule has 0 saturated carbocycles. The molecule has 3 fully saturated rings. The summed E-state index contributed by atoms with van der Waals surface area (Å²) in [6.45, 7) is 3.63. The summed E-state index contributed by atoms with van der Waals surface area (Å²) in [6, 6.07) is 3.47. The molecule has 2 bridgehead atoms. The van der Waals surface area contributed by atoms with E-state index in [1.807, 2.05) is 6.07 Å². The number of ether oxygens (including phenoxy) is 1. The van der Waals surface area contributed by atoms with Crippen LogP contribution >= 0.6 is 0 Å². The van der Waals surface area contributed by atoms with Crippen LogP contribution in [-0.2, 0) is 9.53 Å². The van der Waals surface area contributed by atoms with Crippen LogP contribution in [0.3, 0.4) is 0 Å². The van der Waals surface area contributed by atoms with Crippen molar-refractivity contribution in [1.29, 1.82) is 0 Å². The first-order chi connectivity index (χ1) is 10.7. The van der Waals surface area contributed by atoms with E-state index in [0.29, 0.717) is 25.3 Å². The molecule has 4 rings (SSSR count). The lowest BCUT2D eigenvalue weighted by Gasteiger charge is -2.28. The number of nitrogens with one attached hydrogen (secondary N) is 1. The highest BCUT2D eigenvalue weighted by Gasteiger charge is 2.46. The molecular formula is C15H18N4O3. The van der Waals surface area contributed by atoms with Crippen LogP contribution < -0.4 is 10.2 Å². The van der Waals surface area contributed by atoms with Gasteiger partial charge < -0.3 is 19.9 Å². The number of likely N-dealkylation sites (tertiary alicyclic amines) is 1. The molecule has 0 spiro atoms. The Balaban J connectivity index is 1.48. The summed E-state index contributed by atoms with van der Waals surface area (Å²) in [5, 5.41) is 2.87. The third kappa shape index (κ3) is 2.21. The molecule has 3 aliphatic heterocycles. The Hall–Kier alpha value is -2.15. The molecular weight excluding hydrogens is 284 g/mol. The number of pyridine rings is 1. The standard InChI is InChI=1S/C15H18N4O3/c20-14-12-7-11(17-14)9-19(12)15(21)10-1-2-13(16-8-10)18-3-5-22-6-4-18/h1-2,8,11-12H,3-7,9H2,(H,17,20)/t11-,12-/m0/s1. The van der Waals surface area contributed by atoms with Gasteiger partial charge in [-0.15, -0.1) is 0 Å². The molecule has 116 valence electrons. The maximum absolute atomic E-state index is 12.5. The normalized spacial score (nSPS) is 27.2. The zero-order valence-corrected chi connectivity index (χ0v) is 12.2. The third-order valence-corrected chi connectivity index (χ3v) is 4.54. The van der Waals surface area contributed by atoms with Gasteiger partial charge in [-0.05, 0) is 18.6 Å².